The van der Waals surface area contributed by atoms with Gasteiger partial charge in [-0.3, -0.25) is 9.59 Å². The third-order valence-electron chi connectivity index (χ3n) is 4.16. The van der Waals surface area contributed by atoms with Crippen molar-refractivity contribution in [1.82, 2.24) is 5.32 Å². The number of hydrogen-bond acceptors (Lipinski definition) is 3. The van der Waals surface area contributed by atoms with Crippen molar-refractivity contribution in [3.8, 4) is 0 Å². The summed E-state index contributed by atoms with van der Waals surface area (Å²) in [4.78, 5) is 25.8. The lowest BCUT2D eigenvalue weighted by Gasteiger charge is -2.12. The fourth-order valence-corrected chi connectivity index (χ4v) is 2.58. The van der Waals surface area contributed by atoms with E-state index in [1.165, 1.54) is 29.8 Å². The third-order valence-corrected chi connectivity index (χ3v) is 4.16. The molecule has 4 nitrogen and oxygen atoms in total. The summed E-state index contributed by atoms with van der Waals surface area (Å²) in [5.74, 6) is -0.666. The van der Waals surface area contributed by atoms with E-state index in [0.29, 0.717) is 12.1 Å². The Bertz CT molecular complexity index is 725. The van der Waals surface area contributed by atoms with Crippen LogP contribution in [0.15, 0.2) is 48.5 Å². The largest absolute Gasteiger partial charge is 0.378 e. The SMILES string of the molecule is CN(C)c1ccc(CCCNC(=O)CCC(=O)c2ccc(F)cc2)cc1. The fourth-order valence-electron chi connectivity index (χ4n) is 2.58. The Kier molecular flexibility index (Phi) is 7.33. The highest BCUT2D eigenvalue weighted by Crippen LogP contribution is 2.13. The minimum absolute atomic E-state index is 0.128. The van der Waals surface area contributed by atoms with Gasteiger partial charge >= 0.3 is 0 Å². The standard InChI is InChI=1S/C21H25FN2O2/c1-24(2)19-11-5-16(6-12-19)4-3-15-23-21(26)14-13-20(25)17-7-9-18(22)10-8-17/h5-12H,3-4,13-15H2,1-2H3,(H,23,26). The molecule has 2 aromatic rings. The molecule has 0 saturated carbocycles. The number of anilines is 1. The van der Waals surface area contributed by atoms with Gasteiger partial charge in [0.05, 0.1) is 0 Å². The van der Waals surface area contributed by atoms with Gasteiger partial charge in [-0.05, 0) is 54.8 Å². The maximum Gasteiger partial charge on any atom is 0.220 e. The number of halogens is 1. The van der Waals surface area contributed by atoms with E-state index in [1.54, 1.807) is 0 Å². The molecule has 0 heterocycles. The van der Waals surface area contributed by atoms with E-state index in [1.807, 2.05) is 14.1 Å². The number of rotatable bonds is 9. The van der Waals surface area contributed by atoms with Crippen LogP contribution in [0.5, 0.6) is 0 Å². The lowest BCUT2D eigenvalue weighted by Crippen LogP contribution is -2.25. The predicted molar refractivity (Wildman–Crippen MR) is 102 cm³/mol. The van der Waals surface area contributed by atoms with Gasteiger partial charge in [-0.15, -0.1) is 0 Å². The molecule has 2 rings (SSSR count). The molecule has 0 saturated heterocycles. The summed E-state index contributed by atoms with van der Waals surface area (Å²) in [5, 5.41) is 2.84. The Hall–Kier alpha value is -2.69. The topological polar surface area (TPSA) is 49.4 Å². The summed E-state index contributed by atoms with van der Waals surface area (Å²) in [6, 6.07) is 13.7. The molecule has 1 amide bonds. The van der Waals surface area contributed by atoms with Crippen LogP contribution >= 0.6 is 0 Å². The van der Waals surface area contributed by atoms with E-state index >= 15 is 0 Å². The Labute approximate surface area is 154 Å². The summed E-state index contributed by atoms with van der Waals surface area (Å²) in [6.45, 7) is 0.582. The van der Waals surface area contributed by atoms with Crippen LogP contribution in [-0.4, -0.2) is 32.3 Å². The van der Waals surface area contributed by atoms with Crippen LogP contribution in [0.25, 0.3) is 0 Å². The lowest BCUT2D eigenvalue weighted by molar-refractivity contribution is -0.121. The Morgan fingerprint density at radius 1 is 0.962 bits per heavy atom. The highest BCUT2D eigenvalue weighted by Gasteiger charge is 2.09. The molecule has 0 fully saturated rings. The van der Waals surface area contributed by atoms with Crippen LogP contribution in [0.1, 0.15) is 35.2 Å². The van der Waals surface area contributed by atoms with Crippen LogP contribution in [-0.2, 0) is 11.2 Å². The molecule has 0 aromatic heterocycles. The smallest absolute Gasteiger partial charge is 0.220 e. The first-order chi connectivity index (χ1) is 12.5. The number of carbonyl (C=O) groups is 2. The first kappa shape index (κ1) is 19.6. The molecule has 0 bridgehead atoms. The quantitative estimate of drug-likeness (QED) is 0.552. The maximum atomic E-state index is 12.8. The van der Waals surface area contributed by atoms with Gasteiger partial charge in [0.1, 0.15) is 5.82 Å². The van der Waals surface area contributed by atoms with Gasteiger partial charge in [-0.2, -0.15) is 0 Å². The van der Waals surface area contributed by atoms with Crippen molar-refractivity contribution in [2.45, 2.75) is 25.7 Å². The number of amides is 1. The minimum atomic E-state index is -0.379. The van der Waals surface area contributed by atoms with Crippen LogP contribution in [0.4, 0.5) is 10.1 Å². The van der Waals surface area contributed by atoms with Crippen LogP contribution < -0.4 is 10.2 Å². The first-order valence-corrected chi connectivity index (χ1v) is 8.77. The number of aryl methyl sites for hydroxylation is 1. The molecule has 0 aliphatic heterocycles. The van der Waals surface area contributed by atoms with E-state index in [9.17, 15) is 14.0 Å². The molecular weight excluding hydrogens is 331 g/mol. The van der Waals surface area contributed by atoms with Gasteiger partial charge in [0, 0.05) is 44.7 Å². The monoisotopic (exact) mass is 356 g/mol. The summed E-state index contributed by atoms with van der Waals surface area (Å²) in [6.07, 6.45) is 2.01. The highest BCUT2D eigenvalue weighted by atomic mass is 19.1. The minimum Gasteiger partial charge on any atom is -0.378 e. The predicted octanol–water partition coefficient (Wildman–Crippen LogP) is 3.60. The number of carbonyl (C=O) groups excluding carboxylic acids is 2. The molecule has 1 N–H and O–H groups in total. The molecule has 5 heteroatoms. The first-order valence-electron chi connectivity index (χ1n) is 8.77. The number of nitrogens with zero attached hydrogens (tertiary/aromatic N) is 1. The number of Topliss-reactive ketones (excluding diaryl/α,β-unsaturated/α-hetero) is 1. The van der Waals surface area contributed by atoms with E-state index in [2.05, 4.69) is 34.5 Å². The molecule has 0 radical (unpaired) electrons. The van der Waals surface area contributed by atoms with Gasteiger partial charge in [0.15, 0.2) is 5.78 Å². The van der Waals surface area contributed by atoms with Crippen LogP contribution in [0.2, 0.25) is 0 Å². The number of benzene rings is 2. The van der Waals surface area contributed by atoms with E-state index in [-0.39, 0.29) is 30.3 Å². The highest BCUT2D eigenvalue weighted by molar-refractivity contribution is 5.97. The summed E-state index contributed by atoms with van der Waals surface area (Å²) in [7, 11) is 4.01. The van der Waals surface area contributed by atoms with E-state index in [4.69, 9.17) is 0 Å². The third kappa shape index (κ3) is 6.31. The van der Waals surface area contributed by atoms with Gasteiger partial charge in [-0.1, -0.05) is 12.1 Å². The molecular formula is C21H25FN2O2. The van der Waals surface area contributed by atoms with Gasteiger partial charge < -0.3 is 10.2 Å². The molecule has 0 spiro atoms. The van der Waals surface area contributed by atoms with Crippen molar-refractivity contribution in [1.29, 1.82) is 0 Å². The van der Waals surface area contributed by atoms with Crippen molar-refractivity contribution in [3.63, 3.8) is 0 Å². The van der Waals surface area contributed by atoms with Gasteiger partial charge in [0.2, 0.25) is 5.91 Å². The summed E-state index contributed by atoms with van der Waals surface area (Å²) in [5.41, 5.74) is 2.82. The second-order valence-corrected chi connectivity index (χ2v) is 6.44. The zero-order chi connectivity index (χ0) is 18.9. The van der Waals surface area contributed by atoms with Crippen LogP contribution in [0, 0.1) is 5.82 Å². The Morgan fingerprint density at radius 2 is 1.62 bits per heavy atom. The number of hydrogen-bond donors (Lipinski definition) is 1. The average Bonchev–Trinajstić information content (AvgIpc) is 2.64. The van der Waals surface area contributed by atoms with Gasteiger partial charge in [-0.25, -0.2) is 4.39 Å². The Balaban J connectivity index is 1.64. The second kappa shape index (κ2) is 9.70. The number of nitrogens with one attached hydrogen (secondary N) is 1. The molecule has 26 heavy (non-hydrogen) atoms. The van der Waals surface area contributed by atoms with E-state index < -0.39 is 0 Å². The second-order valence-electron chi connectivity index (χ2n) is 6.44. The zero-order valence-corrected chi connectivity index (χ0v) is 15.3. The average molecular weight is 356 g/mol. The van der Waals surface area contributed by atoms with Crippen molar-refractivity contribution in [3.05, 3.63) is 65.5 Å². The summed E-state index contributed by atoms with van der Waals surface area (Å²) >= 11 is 0. The number of ketones is 1. The maximum absolute atomic E-state index is 12.8. The van der Waals surface area contributed by atoms with Gasteiger partial charge in [0.25, 0.3) is 0 Å². The van der Waals surface area contributed by atoms with E-state index in [0.717, 1.165) is 18.5 Å². The lowest BCUT2D eigenvalue weighted by atomic mass is 10.1. The molecule has 138 valence electrons. The van der Waals surface area contributed by atoms with Crippen molar-refractivity contribution < 1.29 is 14.0 Å². The molecule has 2 aromatic carbocycles. The normalized spacial score (nSPS) is 10.4. The summed E-state index contributed by atoms with van der Waals surface area (Å²) < 4.78 is 12.8. The molecule has 0 unspecified atom stereocenters. The molecule has 0 aliphatic rings. The Morgan fingerprint density at radius 3 is 2.23 bits per heavy atom. The molecule has 0 aliphatic carbocycles. The van der Waals surface area contributed by atoms with Crippen LogP contribution in [0.3, 0.4) is 0 Å². The fraction of sp³-hybridized carbons (Fsp3) is 0.333. The zero-order valence-electron chi connectivity index (χ0n) is 15.3. The van der Waals surface area contributed by atoms with Crippen molar-refractivity contribution in [2.24, 2.45) is 0 Å². The molecule has 0 atom stereocenters. The van der Waals surface area contributed by atoms with Crippen molar-refractivity contribution in [2.75, 3.05) is 25.5 Å². The van der Waals surface area contributed by atoms with Crippen molar-refractivity contribution >= 4 is 17.4 Å².